The number of halogens is 1. The zero-order chi connectivity index (χ0) is 16.8. The molecule has 0 atom stereocenters. The fourth-order valence-corrected chi connectivity index (χ4v) is 2.40. The molecule has 0 saturated heterocycles. The summed E-state index contributed by atoms with van der Waals surface area (Å²) in [5.41, 5.74) is 3.16. The molecule has 0 aliphatic rings. The molecule has 0 unspecified atom stereocenters. The monoisotopic (exact) mass is 337 g/mol. The molecular formula is C19H16FN3S. The second-order valence-electron chi connectivity index (χ2n) is 5.13. The van der Waals surface area contributed by atoms with Crippen LogP contribution in [-0.4, -0.2) is 5.11 Å². The highest BCUT2D eigenvalue weighted by molar-refractivity contribution is 7.80. The van der Waals surface area contributed by atoms with Crippen molar-refractivity contribution in [3.8, 4) is 0 Å². The normalized spacial score (nSPS) is 10.0. The number of hydrogen-bond donors (Lipinski definition) is 3. The molecule has 5 heteroatoms. The minimum Gasteiger partial charge on any atom is -0.356 e. The largest absolute Gasteiger partial charge is 0.356 e. The van der Waals surface area contributed by atoms with Crippen LogP contribution in [-0.2, 0) is 0 Å². The SMILES string of the molecule is Fc1ccccc1NC(=S)Nc1ccc(Nc2ccccc2)cc1. The number of anilines is 4. The van der Waals surface area contributed by atoms with Crippen molar-refractivity contribution < 1.29 is 4.39 Å². The summed E-state index contributed by atoms with van der Waals surface area (Å²) in [7, 11) is 0. The standard InChI is InChI=1S/C19H16FN3S/c20-17-8-4-5-9-18(17)23-19(24)22-16-12-10-15(11-13-16)21-14-6-2-1-3-7-14/h1-13,21H,(H2,22,23,24). The van der Waals surface area contributed by atoms with Gasteiger partial charge in [0.25, 0.3) is 0 Å². The summed E-state index contributed by atoms with van der Waals surface area (Å²) < 4.78 is 13.6. The van der Waals surface area contributed by atoms with E-state index in [1.807, 2.05) is 54.6 Å². The number of rotatable bonds is 4. The Morgan fingerprint density at radius 3 is 1.96 bits per heavy atom. The van der Waals surface area contributed by atoms with Gasteiger partial charge in [-0.25, -0.2) is 4.39 Å². The van der Waals surface area contributed by atoms with Gasteiger partial charge in [0.15, 0.2) is 5.11 Å². The van der Waals surface area contributed by atoms with Crippen LogP contribution >= 0.6 is 12.2 Å². The van der Waals surface area contributed by atoms with Crippen molar-refractivity contribution in [3.05, 3.63) is 84.7 Å². The molecule has 120 valence electrons. The first-order valence-corrected chi connectivity index (χ1v) is 7.86. The Labute approximate surface area is 145 Å². The summed E-state index contributed by atoms with van der Waals surface area (Å²) in [4.78, 5) is 0. The second-order valence-corrected chi connectivity index (χ2v) is 5.54. The van der Waals surface area contributed by atoms with E-state index in [-0.39, 0.29) is 5.82 Å². The summed E-state index contributed by atoms with van der Waals surface area (Å²) in [6, 6.07) is 24.0. The maximum absolute atomic E-state index is 13.6. The summed E-state index contributed by atoms with van der Waals surface area (Å²) >= 11 is 5.21. The molecule has 0 fully saturated rings. The smallest absolute Gasteiger partial charge is 0.175 e. The quantitative estimate of drug-likeness (QED) is 0.559. The van der Waals surface area contributed by atoms with E-state index in [1.54, 1.807) is 18.2 Å². The van der Waals surface area contributed by atoms with Gasteiger partial charge in [0, 0.05) is 17.1 Å². The minimum atomic E-state index is -0.343. The molecule has 3 aromatic rings. The average Bonchev–Trinajstić information content (AvgIpc) is 2.60. The Morgan fingerprint density at radius 1 is 0.667 bits per heavy atom. The molecule has 0 saturated carbocycles. The molecule has 0 amide bonds. The van der Waals surface area contributed by atoms with Gasteiger partial charge >= 0.3 is 0 Å². The van der Waals surface area contributed by atoms with Crippen molar-refractivity contribution in [2.75, 3.05) is 16.0 Å². The minimum absolute atomic E-state index is 0.337. The number of nitrogens with one attached hydrogen (secondary N) is 3. The number of benzene rings is 3. The van der Waals surface area contributed by atoms with Gasteiger partial charge in [-0.1, -0.05) is 30.3 Å². The van der Waals surface area contributed by atoms with Crippen LogP contribution in [0.3, 0.4) is 0 Å². The van der Waals surface area contributed by atoms with Crippen molar-refractivity contribution in [1.29, 1.82) is 0 Å². The predicted octanol–water partition coefficient (Wildman–Crippen LogP) is 5.38. The zero-order valence-corrected chi connectivity index (χ0v) is 13.6. The van der Waals surface area contributed by atoms with Crippen LogP contribution in [0.25, 0.3) is 0 Å². The van der Waals surface area contributed by atoms with Crippen LogP contribution in [0.2, 0.25) is 0 Å². The molecule has 3 nitrogen and oxygen atoms in total. The predicted molar refractivity (Wildman–Crippen MR) is 102 cm³/mol. The van der Waals surface area contributed by atoms with E-state index in [0.717, 1.165) is 17.1 Å². The van der Waals surface area contributed by atoms with E-state index < -0.39 is 0 Å². The van der Waals surface area contributed by atoms with Gasteiger partial charge in [-0.3, -0.25) is 0 Å². The third-order valence-electron chi connectivity index (χ3n) is 3.33. The lowest BCUT2D eigenvalue weighted by atomic mass is 10.2. The lowest BCUT2D eigenvalue weighted by Gasteiger charge is -2.12. The van der Waals surface area contributed by atoms with Crippen LogP contribution in [0, 0.1) is 5.82 Å². The zero-order valence-electron chi connectivity index (χ0n) is 12.8. The van der Waals surface area contributed by atoms with Gasteiger partial charge in [-0.15, -0.1) is 0 Å². The Kier molecular flexibility index (Phi) is 5.03. The highest BCUT2D eigenvalue weighted by Crippen LogP contribution is 2.19. The topological polar surface area (TPSA) is 36.1 Å². The lowest BCUT2D eigenvalue weighted by Crippen LogP contribution is -2.19. The van der Waals surface area contributed by atoms with Gasteiger partial charge in [0.05, 0.1) is 5.69 Å². The average molecular weight is 337 g/mol. The van der Waals surface area contributed by atoms with Gasteiger partial charge in [-0.05, 0) is 60.7 Å². The molecule has 0 radical (unpaired) electrons. The highest BCUT2D eigenvalue weighted by atomic mass is 32.1. The fourth-order valence-electron chi connectivity index (χ4n) is 2.17. The van der Waals surface area contributed by atoms with E-state index in [4.69, 9.17) is 12.2 Å². The maximum Gasteiger partial charge on any atom is 0.175 e. The molecule has 0 bridgehead atoms. The van der Waals surface area contributed by atoms with E-state index in [2.05, 4.69) is 16.0 Å². The van der Waals surface area contributed by atoms with Crippen LogP contribution in [0.1, 0.15) is 0 Å². The van der Waals surface area contributed by atoms with Gasteiger partial charge in [-0.2, -0.15) is 0 Å². The van der Waals surface area contributed by atoms with Crippen molar-refractivity contribution in [2.24, 2.45) is 0 Å². The fraction of sp³-hybridized carbons (Fsp3) is 0. The van der Waals surface area contributed by atoms with Gasteiger partial charge in [0.1, 0.15) is 5.82 Å². The van der Waals surface area contributed by atoms with Gasteiger partial charge in [0.2, 0.25) is 0 Å². The Balaban J connectivity index is 1.60. The third-order valence-corrected chi connectivity index (χ3v) is 3.53. The van der Waals surface area contributed by atoms with E-state index in [0.29, 0.717) is 10.8 Å². The molecule has 0 heterocycles. The van der Waals surface area contributed by atoms with Crippen molar-refractivity contribution in [2.45, 2.75) is 0 Å². The number of para-hydroxylation sites is 2. The Morgan fingerprint density at radius 2 is 1.25 bits per heavy atom. The van der Waals surface area contributed by atoms with Crippen molar-refractivity contribution >= 4 is 40.1 Å². The Hall–Kier alpha value is -2.92. The molecule has 0 aliphatic carbocycles. The second kappa shape index (κ2) is 7.57. The highest BCUT2D eigenvalue weighted by Gasteiger charge is 2.03. The first kappa shape index (κ1) is 16.0. The molecule has 3 aromatic carbocycles. The van der Waals surface area contributed by atoms with E-state index in [9.17, 15) is 4.39 Å². The summed E-state index contributed by atoms with van der Waals surface area (Å²) in [5.74, 6) is -0.343. The van der Waals surface area contributed by atoms with Gasteiger partial charge < -0.3 is 16.0 Å². The third kappa shape index (κ3) is 4.30. The summed E-state index contributed by atoms with van der Waals surface area (Å²) in [6.45, 7) is 0. The number of thiocarbonyl (C=S) groups is 1. The van der Waals surface area contributed by atoms with Crippen LogP contribution < -0.4 is 16.0 Å². The molecule has 24 heavy (non-hydrogen) atoms. The van der Waals surface area contributed by atoms with Crippen molar-refractivity contribution in [1.82, 2.24) is 0 Å². The maximum atomic E-state index is 13.6. The van der Waals surface area contributed by atoms with E-state index >= 15 is 0 Å². The molecule has 0 spiro atoms. The van der Waals surface area contributed by atoms with Crippen LogP contribution in [0.5, 0.6) is 0 Å². The first-order chi connectivity index (χ1) is 11.7. The molecular weight excluding hydrogens is 321 g/mol. The molecule has 0 aliphatic heterocycles. The molecule has 0 aromatic heterocycles. The number of hydrogen-bond acceptors (Lipinski definition) is 2. The first-order valence-electron chi connectivity index (χ1n) is 7.45. The van der Waals surface area contributed by atoms with Crippen LogP contribution in [0.15, 0.2) is 78.9 Å². The van der Waals surface area contributed by atoms with Crippen LogP contribution in [0.4, 0.5) is 27.1 Å². The van der Waals surface area contributed by atoms with E-state index in [1.165, 1.54) is 6.07 Å². The van der Waals surface area contributed by atoms with Crippen molar-refractivity contribution in [3.63, 3.8) is 0 Å². The molecule has 3 N–H and O–H groups in total. The lowest BCUT2D eigenvalue weighted by molar-refractivity contribution is 0.632. The Bertz CT molecular complexity index is 820. The summed E-state index contributed by atoms with van der Waals surface area (Å²) in [6.07, 6.45) is 0. The molecule has 3 rings (SSSR count). The summed E-state index contributed by atoms with van der Waals surface area (Å²) in [5, 5.41) is 9.52.